The predicted octanol–water partition coefficient (Wildman–Crippen LogP) is 3.40. The maximum absolute atomic E-state index is 10.5. The van der Waals surface area contributed by atoms with Crippen molar-refractivity contribution < 1.29 is 10.2 Å². The summed E-state index contributed by atoms with van der Waals surface area (Å²) in [5.74, 6) is 2.23. The molecule has 1 aliphatic carbocycles. The number of hydrogen-bond acceptors (Lipinski definition) is 4. The first kappa shape index (κ1) is 18.2. The smallest absolute Gasteiger partial charge is 0.0933 e. The molecule has 4 heteroatoms. The molecule has 24 heavy (non-hydrogen) atoms. The van der Waals surface area contributed by atoms with E-state index in [0.717, 1.165) is 23.3 Å². The van der Waals surface area contributed by atoms with E-state index in [0.29, 0.717) is 18.3 Å². The minimum absolute atomic E-state index is 0.521. The number of rotatable bonds is 6. The third-order valence-corrected chi connectivity index (χ3v) is 6.95. The van der Waals surface area contributed by atoms with Gasteiger partial charge in [0.05, 0.1) is 12.2 Å². The van der Waals surface area contributed by atoms with Crippen molar-refractivity contribution in [3.63, 3.8) is 0 Å². The quantitative estimate of drug-likeness (QED) is 0.773. The molecule has 2 aliphatic rings. The van der Waals surface area contributed by atoms with E-state index in [4.69, 9.17) is 0 Å². The van der Waals surface area contributed by atoms with Crippen LogP contribution in [0.15, 0.2) is 35.2 Å². The molecule has 2 N–H and O–H groups in total. The predicted molar refractivity (Wildman–Crippen MR) is 100 cm³/mol. The zero-order valence-corrected chi connectivity index (χ0v) is 15.5. The van der Waals surface area contributed by atoms with Crippen LogP contribution in [0.25, 0.3) is 0 Å². The van der Waals surface area contributed by atoms with E-state index in [1.54, 1.807) is 11.8 Å². The molecular formula is C20H31NO2S. The van der Waals surface area contributed by atoms with Gasteiger partial charge in [0.15, 0.2) is 0 Å². The molecule has 0 spiro atoms. The molecule has 0 aromatic heterocycles. The Morgan fingerprint density at radius 2 is 1.79 bits per heavy atom. The molecule has 1 aromatic carbocycles. The molecular weight excluding hydrogens is 318 g/mol. The fourth-order valence-electron chi connectivity index (χ4n) is 4.33. The number of β-amino-alcohol motifs (C(OH)–C–C–N with tert-alkyl or cyclic N) is 1. The van der Waals surface area contributed by atoms with Gasteiger partial charge < -0.3 is 10.2 Å². The van der Waals surface area contributed by atoms with Gasteiger partial charge in [0.25, 0.3) is 0 Å². The zero-order chi connectivity index (χ0) is 16.9. The monoisotopic (exact) mass is 349 g/mol. The van der Waals surface area contributed by atoms with Crippen LogP contribution in [0.5, 0.6) is 0 Å². The molecule has 0 amide bonds. The van der Waals surface area contributed by atoms with Crippen LogP contribution in [0.1, 0.15) is 39.0 Å². The van der Waals surface area contributed by atoms with Crippen LogP contribution in [-0.2, 0) is 0 Å². The van der Waals surface area contributed by atoms with Crippen LogP contribution in [0.2, 0.25) is 0 Å². The lowest BCUT2D eigenvalue weighted by atomic mass is 9.73. The SMILES string of the molecule is CC1CC2CCCCC2CN1CC(O)C(O)CSc1ccccc1. The molecule has 0 radical (unpaired) electrons. The van der Waals surface area contributed by atoms with Crippen LogP contribution < -0.4 is 0 Å². The molecule has 5 unspecified atom stereocenters. The third kappa shape index (κ3) is 4.75. The number of nitrogens with zero attached hydrogens (tertiary/aromatic N) is 1. The average molecular weight is 350 g/mol. The largest absolute Gasteiger partial charge is 0.390 e. The lowest BCUT2D eigenvalue weighted by Gasteiger charge is -2.46. The molecule has 3 rings (SSSR count). The molecule has 1 saturated heterocycles. The third-order valence-electron chi connectivity index (χ3n) is 5.83. The van der Waals surface area contributed by atoms with Crippen LogP contribution in [0.4, 0.5) is 0 Å². The molecule has 1 heterocycles. The molecule has 3 nitrogen and oxygen atoms in total. The van der Waals surface area contributed by atoms with Crippen molar-refractivity contribution in [2.75, 3.05) is 18.8 Å². The van der Waals surface area contributed by atoms with Crippen molar-refractivity contribution in [2.45, 2.75) is 62.2 Å². The van der Waals surface area contributed by atoms with Crippen molar-refractivity contribution in [3.8, 4) is 0 Å². The highest BCUT2D eigenvalue weighted by Crippen LogP contribution is 2.38. The molecule has 1 aliphatic heterocycles. The first-order valence-corrected chi connectivity index (χ1v) is 10.4. The van der Waals surface area contributed by atoms with Crippen molar-refractivity contribution in [2.24, 2.45) is 11.8 Å². The Hall–Kier alpha value is -0.550. The van der Waals surface area contributed by atoms with Gasteiger partial charge >= 0.3 is 0 Å². The van der Waals surface area contributed by atoms with E-state index in [1.165, 1.54) is 32.1 Å². The summed E-state index contributed by atoms with van der Waals surface area (Å²) in [6, 6.07) is 10.6. The van der Waals surface area contributed by atoms with E-state index in [2.05, 4.69) is 11.8 Å². The Bertz CT molecular complexity index is 498. The number of thioether (sulfide) groups is 1. The average Bonchev–Trinajstić information content (AvgIpc) is 2.61. The highest BCUT2D eigenvalue weighted by atomic mass is 32.2. The van der Waals surface area contributed by atoms with Crippen LogP contribution >= 0.6 is 11.8 Å². The minimum atomic E-state index is -0.675. The second-order valence-electron chi connectivity index (χ2n) is 7.60. The maximum Gasteiger partial charge on any atom is 0.0933 e. The summed E-state index contributed by atoms with van der Waals surface area (Å²) < 4.78 is 0. The number of aliphatic hydroxyl groups is 2. The molecule has 5 atom stereocenters. The molecule has 1 aromatic rings. The summed E-state index contributed by atoms with van der Waals surface area (Å²) in [5.41, 5.74) is 0. The van der Waals surface area contributed by atoms with Crippen molar-refractivity contribution in [3.05, 3.63) is 30.3 Å². The van der Waals surface area contributed by atoms with Crippen LogP contribution in [0.3, 0.4) is 0 Å². The number of likely N-dealkylation sites (tertiary alicyclic amines) is 1. The lowest BCUT2D eigenvalue weighted by Crippen LogP contribution is -2.51. The Labute approximate surface area is 150 Å². The highest BCUT2D eigenvalue weighted by molar-refractivity contribution is 7.99. The Morgan fingerprint density at radius 1 is 1.08 bits per heavy atom. The summed E-state index contributed by atoms with van der Waals surface area (Å²) in [4.78, 5) is 3.55. The lowest BCUT2D eigenvalue weighted by molar-refractivity contribution is -0.0262. The summed E-state index contributed by atoms with van der Waals surface area (Å²) >= 11 is 1.61. The summed E-state index contributed by atoms with van der Waals surface area (Å²) in [6.45, 7) is 3.98. The van der Waals surface area contributed by atoms with Gasteiger partial charge in [-0.3, -0.25) is 4.90 Å². The summed E-state index contributed by atoms with van der Waals surface area (Å²) in [7, 11) is 0. The fraction of sp³-hybridized carbons (Fsp3) is 0.700. The zero-order valence-electron chi connectivity index (χ0n) is 14.7. The summed E-state index contributed by atoms with van der Waals surface area (Å²) in [5, 5.41) is 20.8. The van der Waals surface area contributed by atoms with Gasteiger partial charge in [0, 0.05) is 29.8 Å². The first-order chi connectivity index (χ1) is 11.6. The number of aliphatic hydroxyl groups excluding tert-OH is 2. The van der Waals surface area contributed by atoms with Gasteiger partial charge in [-0.25, -0.2) is 0 Å². The van der Waals surface area contributed by atoms with E-state index in [1.807, 2.05) is 30.3 Å². The Kier molecular flexibility index (Phi) is 6.62. The van der Waals surface area contributed by atoms with E-state index in [-0.39, 0.29) is 0 Å². The minimum Gasteiger partial charge on any atom is -0.390 e. The Morgan fingerprint density at radius 3 is 2.54 bits per heavy atom. The number of piperidine rings is 1. The number of hydrogen-bond donors (Lipinski definition) is 2. The maximum atomic E-state index is 10.5. The molecule has 134 valence electrons. The van der Waals surface area contributed by atoms with Crippen LogP contribution in [0, 0.1) is 11.8 Å². The van der Waals surface area contributed by atoms with Gasteiger partial charge in [0.2, 0.25) is 0 Å². The van der Waals surface area contributed by atoms with E-state index in [9.17, 15) is 10.2 Å². The molecule has 0 bridgehead atoms. The van der Waals surface area contributed by atoms with Crippen LogP contribution in [-0.4, -0.2) is 52.2 Å². The van der Waals surface area contributed by atoms with Crippen molar-refractivity contribution in [1.29, 1.82) is 0 Å². The molecule has 2 fully saturated rings. The van der Waals surface area contributed by atoms with Gasteiger partial charge in [-0.05, 0) is 43.7 Å². The first-order valence-electron chi connectivity index (χ1n) is 9.41. The standard InChI is InChI=1S/C20H31NO2S/c1-15-11-16-7-5-6-8-17(16)12-21(15)13-19(22)20(23)14-24-18-9-3-2-4-10-18/h2-4,9-10,15-17,19-20,22-23H,5-8,11-14H2,1H3. The fourth-order valence-corrected chi connectivity index (χ4v) is 5.26. The second kappa shape index (κ2) is 8.70. The van der Waals surface area contributed by atoms with Gasteiger partial charge in [-0.2, -0.15) is 0 Å². The normalized spacial score (nSPS) is 30.5. The second-order valence-corrected chi connectivity index (χ2v) is 8.70. The van der Waals surface area contributed by atoms with Gasteiger partial charge in [-0.1, -0.05) is 37.5 Å². The van der Waals surface area contributed by atoms with Crippen molar-refractivity contribution >= 4 is 11.8 Å². The number of benzene rings is 1. The molecule has 1 saturated carbocycles. The van der Waals surface area contributed by atoms with E-state index < -0.39 is 12.2 Å². The Balaban J connectivity index is 1.47. The van der Waals surface area contributed by atoms with Crippen molar-refractivity contribution in [1.82, 2.24) is 4.90 Å². The van der Waals surface area contributed by atoms with Gasteiger partial charge in [-0.15, -0.1) is 11.8 Å². The summed E-state index contributed by atoms with van der Waals surface area (Å²) in [6.07, 6.45) is 5.41. The highest BCUT2D eigenvalue weighted by Gasteiger charge is 2.36. The number of fused-ring (bicyclic) bond motifs is 1. The van der Waals surface area contributed by atoms with E-state index >= 15 is 0 Å². The topological polar surface area (TPSA) is 43.7 Å². The van der Waals surface area contributed by atoms with Gasteiger partial charge in [0.1, 0.15) is 0 Å².